The maximum absolute atomic E-state index is 12.8. The quantitative estimate of drug-likeness (QED) is 0.205. The zero-order valence-electron chi connectivity index (χ0n) is 25.8. The van der Waals surface area contributed by atoms with E-state index < -0.39 is 21.6 Å². The van der Waals surface area contributed by atoms with Crippen LogP contribution in [0.2, 0.25) is 0 Å². The molecule has 10 heteroatoms. The molecule has 2 bridgehead atoms. The molecule has 2 unspecified atom stereocenters. The zero-order chi connectivity index (χ0) is 31.5. The van der Waals surface area contributed by atoms with Gasteiger partial charge in [-0.1, -0.05) is 54.1 Å². The molecule has 2 aliphatic heterocycles. The van der Waals surface area contributed by atoms with Crippen molar-refractivity contribution in [1.29, 1.82) is 0 Å². The largest absolute Gasteiger partial charge is 0.493 e. The summed E-state index contributed by atoms with van der Waals surface area (Å²) >= 11 is 0. The number of hydrogen-bond donors (Lipinski definition) is 2. The van der Waals surface area contributed by atoms with E-state index in [4.69, 9.17) is 14.2 Å². The molecule has 0 radical (unpaired) electrons. The second kappa shape index (κ2) is 11.0. The van der Waals surface area contributed by atoms with Gasteiger partial charge >= 0.3 is 6.03 Å². The maximum atomic E-state index is 12.8. The first kappa shape index (κ1) is 29.4. The van der Waals surface area contributed by atoms with Gasteiger partial charge < -0.3 is 24.4 Å². The molecule has 7 rings (SSSR count). The number of amides is 2. The van der Waals surface area contributed by atoms with E-state index in [0.29, 0.717) is 19.6 Å². The predicted octanol–water partition coefficient (Wildman–Crippen LogP) is 6.56. The lowest BCUT2D eigenvalue weighted by Crippen LogP contribution is -2.46. The first-order chi connectivity index (χ1) is 21.6. The number of carbonyl (C=O) groups excluding carboxylic acids is 1. The van der Waals surface area contributed by atoms with Crippen LogP contribution < -0.4 is 24.4 Å². The van der Waals surface area contributed by atoms with Gasteiger partial charge in [-0.3, -0.25) is 0 Å². The highest BCUT2D eigenvalue weighted by molar-refractivity contribution is 7.90. The molecule has 3 aliphatic rings. The van der Waals surface area contributed by atoms with Gasteiger partial charge in [0.05, 0.1) is 29.2 Å². The number of fused-ring (bicyclic) bond motifs is 6. The lowest BCUT2D eigenvalue weighted by molar-refractivity contribution is -0.0987. The smallest absolute Gasteiger partial charge is 0.329 e. The van der Waals surface area contributed by atoms with Gasteiger partial charge in [0.2, 0.25) is 0 Å². The second-order valence-electron chi connectivity index (χ2n) is 12.1. The fourth-order valence-electron chi connectivity index (χ4n) is 6.66. The van der Waals surface area contributed by atoms with E-state index in [-0.39, 0.29) is 17.4 Å². The van der Waals surface area contributed by atoms with E-state index in [1.54, 1.807) is 12.1 Å². The standard InChI is InChI=1S/C35H37N3O6S/c1-5-42-30-25-9-7-8-10-26(25)31(43-6-2)29-28(30)32-38(33(29)44-32)27-16-13-23(19-22(27)4)20-35(17-18-35)36-34(39)37-45(40,41)24-14-11-21(3)12-15-24/h7-16,19,32-33H,5-6,17-18,20H2,1-4H3,(H2,36,37,39). The van der Waals surface area contributed by atoms with Gasteiger partial charge in [-0.15, -0.1) is 0 Å². The molecule has 2 amide bonds. The number of nitrogens with zero attached hydrogens (tertiary/aromatic N) is 1. The first-order valence-electron chi connectivity index (χ1n) is 15.4. The SMILES string of the molecule is CCOc1c2c(c(OCC)c3ccccc13)C1OC2N1c1ccc(CC2(NC(=O)NS(=O)(=O)c3ccc(C)cc3)CC2)cc1C. The van der Waals surface area contributed by atoms with E-state index in [1.807, 2.05) is 32.9 Å². The molecular weight excluding hydrogens is 590 g/mol. The Morgan fingerprint density at radius 2 is 1.51 bits per heavy atom. The number of sulfonamides is 1. The molecule has 0 spiro atoms. The van der Waals surface area contributed by atoms with Gasteiger partial charge in [-0.05, 0) is 76.3 Å². The minimum Gasteiger partial charge on any atom is -0.493 e. The number of aryl methyl sites for hydroxylation is 2. The molecule has 45 heavy (non-hydrogen) atoms. The molecule has 1 saturated heterocycles. The summed E-state index contributed by atoms with van der Waals surface area (Å²) in [5, 5.41) is 4.97. The number of urea groups is 1. The van der Waals surface area contributed by atoms with Crippen LogP contribution in [0, 0.1) is 13.8 Å². The van der Waals surface area contributed by atoms with Crippen molar-refractivity contribution in [2.24, 2.45) is 0 Å². The van der Waals surface area contributed by atoms with Crippen LogP contribution in [0.25, 0.3) is 10.8 Å². The number of hydrogen-bond acceptors (Lipinski definition) is 7. The number of rotatable bonds is 10. The maximum Gasteiger partial charge on any atom is 0.329 e. The average molecular weight is 628 g/mol. The van der Waals surface area contributed by atoms with Gasteiger partial charge in [0, 0.05) is 22.0 Å². The number of ether oxygens (including phenoxy) is 3. The van der Waals surface area contributed by atoms with Crippen LogP contribution in [-0.4, -0.2) is 33.2 Å². The average Bonchev–Trinajstić information content (AvgIpc) is 3.49. The van der Waals surface area contributed by atoms with E-state index >= 15 is 0 Å². The van der Waals surface area contributed by atoms with Crippen molar-refractivity contribution < 1.29 is 27.4 Å². The fourth-order valence-corrected chi connectivity index (χ4v) is 7.56. The molecule has 1 aliphatic carbocycles. The van der Waals surface area contributed by atoms with Crippen LogP contribution in [0.5, 0.6) is 11.5 Å². The van der Waals surface area contributed by atoms with Crippen molar-refractivity contribution in [2.45, 2.75) is 69.8 Å². The predicted molar refractivity (Wildman–Crippen MR) is 172 cm³/mol. The number of benzene rings is 4. The van der Waals surface area contributed by atoms with E-state index in [9.17, 15) is 13.2 Å². The Labute approximate surface area is 263 Å². The Hall–Kier alpha value is -4.28. The third-order valence-electron chi connectivity index (χ3n) is 8.90. The highest BCUT2D eigenvalue weighted by Crippen LogP contribution is 2.64. The molecule has 2 atom stereocenters. The highest BCUT2D eigenvalue weighted by Gasteiger charge is 2.55. The van der Waals surface area contributed by atoms with Gasteiger partial charge in [0.15, 0.2) is 12.5 Å². The van der Waals surface area contributed by atoms with E-state index in [2.05, 4.69) is 52.2 Å². The topological polar surface area (TPSA) is 106 Å². The summed E-state index contributed by atoms with van der Waals surface area (Å²) in [6.07, 6.45) is 1.59. The van der Waals surface area contributed by atoms with Crippen molar-refractivity contribution in [3.05, 3.63) is 94.5 Å². The monoisotopic (exact) mass is 627 g/mol. The number of nitrogens with one attached hydrogen (secondary N) is 2. The van der Waals surface area contributed by atoms with Crippen molar-refractivity contribution in [1.82, 2.24) is 10.0 Å². The third-order valence-corrected chi connectivity index (χ3v) is 10.2. The van der Waals surface area contributed by atoms with E-state index in [1.165, 1.54) is 12.1 Å². The molecule has 4 aromatic carbocycles. The van der Waals surface area contributed by atoms with Crippen molar-refractivity contribution >= 4 is 32.5 Å². The molecular formula is C35H37N3O6S. The normalized spacial score (nSPS) is 19.1. The van der Waals surface area contributed by atoms with Gasteiger partial charge in [0.1, 0.15) is 11.5 Å². The molecule has 4 aromatic rings. The van der Waals surface area contributed by atoms with Crippen molar-refractivity contribution in [2.75, 3.05) is 18.1 Å². The number of carbonyl (C=O) groups is 1. The summed E-state index contributed by atoms with van der Waals surface area (Å²) in [4.78, 5) is 15.1. The van der Waals surface area contributed by atoms with Crippen LogP contribution in [0.3, 0.4) is 0 Å². The van der Waals surface area contributed by atoms with Gasteiger partial charge in [0.25, 0.3) is 10.0 Å². The highest BCUT2D eigenvalue weighted by atomic mass is 32.2. The van der Waals surface area contributed by atoms with Crippen molar-refractivity contribution in [3.63, 3.8) is 0 Å². The third kappa shape index (κ3) is 5.06. The van der Waals surface area contributed by atoms with Gasteiger partial charge in [-0.25, -0.2) is 17.9 Å². The minimum atomic E-state index is -3.96. The Morgan fingerprint density at radius 1 is 0.911 bits per heavy atom. The fraction of sp³-hybridized carbons (Fsp3) is 0.343. The Balaban J connectivity index is 1.10. The summed E-state index contributed by atoms with van der Waals surface area (Å²) in [6, 6.07) is 20.2. The van der Waals surface area contributed by atoms with Crippen LogP contribution >= 0.6 is 0 Å². The van der Waals surface area contributed by atoms with Crippen LogP contribution in [0.1, 0.15) is 67.0 Å². The molecule has 2 N–H and O–H groups in total. The van der Waals surface area contributed by atoms with Gasteiger partial charge in [-0.2, -0.15) is 0 Å². The Bertz CT molecular complexity index is 1860. The molecule has 9 nitrogen and oxygen atoms in total. The zero-order valence-corrected chi connectivity index (χ0v) is 26.7. The van der Waals surface area contributed by atoms with E-state index in [0.717, 1.165) is 68.6 Å². The second-order valence-corrected chi connectivity index (χ2v) is 13.8. The van der Waals surface area contributed by atoms with Crippen LogP contribution in [0.15, 0.2) is 71.6 Å². The van der Waals surface area contributed by atoms with Crippen molar-refractivity contribution in [3.8, 4) is 11.5 Å². The summed E-state index contributed by atoms with van der Waals surface area (Å²) in [6.45, 7) is 9.03. The molecule has 1 saturated carbocycles. The summed E-state index contributed by atoms with van der Waals surface area (Å²) < 4.78 is 46.5. The first-order valence-corrected chi connectivity index (χ1v) is 16.9. The summed E-state index contributed by atoms with van der Waals surface area (Å²) in [5.74, 6) is 1.69. The Morgan fingerprint density at radius 3 is 2.04 bits per heavy atom. The molecule has 2 heterocycles. The van der Waals surface area contributed by atoms with Crippen LogP contribution in [-0.2, 0) is 21.2 Å². The number of anilines is 1. The lowest BCUT2D eigenvalue weighted by atomic mass is 9.99. The lowest BCUT2D eigenvalue weighted by Gasteiger charge is -2.43. The Kier molecular flexibility index (Phi) is 7.17. The molecule has 0 aromatic heterocycles. The van der Waals surface area contributed by atoms with Crippen LogP contribution in [0.4, 0.5) is 10.5 Å². The molecule has 234 valence electrons. The summed E-state index contributed by atoms with van der Waals surface area (Å²) in [5.41, 5.74) is 5.73. The summed E-state index contributed by atoms with van der Waals surface area (Å²) in [7, 11) is -3.96. The molecule has 2 fully saturated rings. The minimum absolute atomic E-state index is 0.0558.